The van der Waals surface area contributed by atoms with E-state index in [9.17, 15) is 0 Å². The van der Waals surface area contributed by atoms with Crippen LogP contribution in [0.15, 0.2) is 42.9 Å². The molecule has 2 aromatic heterocycles. The average molecular weight is 293 g/mol. The van der Waals surface area contributed by atoms with Gasteiger partial charge in [0, 0.05) is 18.2 Å². The van der Waals surface area contributed by atoms with Gasteiger partial charge >= 0.3 is 0 Å². The Morgan fingerprint density at radius 2 is 2.05 bits per heavy atom. The maximum absolute atomic E-state index is 4.80. The van der Waals surface area contributed by atoms with Crippen molar-refractivity contribution in [2.24, 2.45) is 0 Å². The summed E-state index contributed by atoms with van der Waals surface area (Å²) < 4.78 is 2.31. The monoisotopic (exact) mass is 293 g/mol. The molecule has 0 N–H and O–H groups in total. The van der Waals surface area contributed by atoms with Crippen molar-refractivity contribution in [3.63, 3.8) is 0 Å². The van der Waals surface area contributed by atoms with E-state index in [1.807, 2.05) is 6.07 Å². The van der Waals surface area contributed by atoms with Crippen molar-refractivity contribution in [2.75, 3.05) is 20.1 Å². The molecule has 1 unspecified atom stereocenters. The highest BCUT2D eigenvalue weighted by Crippen LogP contribution is 2.31. The molecular weight excluding hydrogens is 274 g/mol. The summed E-state index contributed by atoms with van der Waals surface area (Å²) in [6.45, 7) is 2.20. The van der Waals surface area contributed by atoms with E-state index < -0.39 is 0 Å². The fourth-order valence-electron chi connectivity index (χ4n) is 3.34. The molecule has 5 heteroatoms. The van der Waals surface area contributed by atoms with Crippen LogP contribution in [0.25, 0.3) is 22.6 Å². The van der Waals surface area contributed by atoms with E-state index in [0.717, 1.165) is 29.1 Å². The predicted octanol–water partition coefficient (Wildman–Crippen LogP) is 2.76. The van der Waals surface area contributed by atoms with Crippen molar-refractivity contribution < 1.29 is 0 Å². The number of aromatic nitrogens is 4. The van der Waals surface area contributed by atoms with Gasteiger partial charge in [-0.15, -0.1) is 0 Å². The Labute approximate surface area is 129 Å². The van der Waals surface area contributed by atoms with Crippen LogP contribution in [-0.4, -0.2) is 44.6 Å². The molecule has 4 rings (SSSR count). The molecule has 5 nitrogen and oxygen atoms in total. The van der Waals surface area contributed by atoms with Crippen LogP contribution in [0.2, 0.25) is 0 Å². The molecule has 112 valence electrons. The van der Waals surface area contributed by atoms with Gasteiger partial charge in [-0.2, -0.15) is 0 Å². The van der Waals surface area contributed by atoms with Crippen molar-refractivity contribution in [2.45, 2.75) is 18.9 Å². The minimum atomic E-state index is 0.411. The van der Waals surface area contributed by atoms with Gasteiger partial charge in [0.2, 0.25) is 0 Å². The molecule has 1 aliphatic rings. The van der Waals surface area contributed by atoms with Crippen LogP contribution in [0, 0.1) is 0 Å². The number of piperidine rings is 1. The van der Waals surface area contributed by atoms with Gasteiger partial charge < -0.3 is 9.47 Å². The summed E-state index contributed by atoms with van der Waals surface area (Å²) in [5.41, 5.74) is 2.94. The van der Waals surface area contributed by atoms with Gasteiger partial charge in [0.05, 0.1) is 6.20 Å². The Kier molecular flexibility index (Phi) is 3.35. The van der Waals surface area contributed by atoms with E-state index >= 15 is 0 Å². The first-order valence-corrected chi connectivity index (χ1v) is 7.75. The van der Waals surface area contributed by atoms with E-state index in [1.165, 1.54) is 19.4 Å². The summed E-state index contributed by atoms with van der Waals surface area (Å²) in [6.07, 6.45) is 5.79. The zero-order chi connectivity index (χ0) is 14.9. The van der Waals surface area contributed by atoms with E-state index in [1.54, 1.807) is 12.5 Å². The summed E-state index contributed by atoms with van der Waals surface area (Å²) in [6, 6.07) is 10.8. The van der Waals surface area contributed by atoms with Gasteiger partial charge in [-0.05, 0) is 26.4 Å². The van der Waals surface area contributed by atoms with Gasteiger partial charge in [-0.1, -0.05) is 30.3 Å². The molecule has 1 atom stereocenters. The van der Waals surface area contributed by atoms with Crippen molar-refractivity contribution in [3.8, 4) is 11.4 Å². The molecular formula is C17H19N5. The highest BCUT2D eigenvalue weighted by molar-refractivity contribution is 5.76. The number of benzene rings is 1. The van der Waals surface area contributed by atoms with Crippen LogP contribution in [-0.2, 0) is 0 Å². The predicted molar refractivity (Wildman–Crippen MR) is 86.5 cm³/mol. The molecule has 0 aliphatic carbocycles. The zero-order valence-corrected chi connectivity index (χ0v) is 12.7. The lowest BCUT2D eigenvalue weighted by Crippen LogP contribution is -2.33. The van der Waals surface area contributed by atoms with Crippen LogP contribution in [0.4, 0.5) is 0 Å². The number of likely N-dealkylation sites (N-methyl/N-ethyl adjacent to an activating group) is 1. The van der Waals surface area contributed by atoms with Crippen molar-refractivity contribution in [1.29, 1.82) is 0 Å². The molecule has 0 amide bonds. The quantitative estimate of drug-likeness (QED) is 0.729. The number of likely N-dealkylation sites (tertiary alicyclic amines) is 1. The van der Waals surface area contributed by atoms with E-state index in [-0.39, 0.29) is 0 Å². The standard InChI is InChI=1S/C17H19N5/c1-21-9-5-8-14(11-21)22-16(13-6-3-2-4-7-13)20-15-10-18-12-19-17(15)22/h2-4,6-7,10,12,14H,5,8-9,11H2,1H3. The molecule has 1 saturated heterocycles. The fraction of sp³-hybridized carbons (Fsp3) is 0.353. The van der Waals surface area contributed by atoms with E-state index in [0.29, 0.717) is 6.04 Å². The molecule has 1 fully saturated rings. The lowest BCUT2D eigenvalue weighted by atomic mass is 10.1. The first kappa shape index (κ1) is 13.4. The van der Waals surface area contributed by atoms with Gasteiger partial charge in [-0.3, -0.25) is 0 Å². The maximum Gasteiger partial charge on any atom is 0.163 e. The summed E-state index contributed by atoms with van der Waals surface area (Å²) in [4.78, 5) is 15.8. The molecule has 0 spiro atoms. The Hall–Kier alpha value is -2.27. The minimum absolute atomic E-state index is 0.411. The van der Waals surface area contributed by atoms with E-state index in [2.05, 4.69) is 50.7 Å². The number of hydrogen-bond donors (Lipinski definition) is 0. The molecule has 22 heavy (non-hydrogen) atoms. The number of hydrogen-bond acceptors (Lipinski definition) is 4. The maximum atomic E-state index is 4.80. The zero-order valence-electron chi connectivity index (χ0n) is 12.7. The third kappa shape index (κ3) is 2.27. The average Bonchev–Trinajstić information content (AvgIpc) is 2.95. The van der Waals surface area contributed by atoms with Gasteiger partial charge in [0.1, 0.15) is 17.7 Å². The summed E-state index contributed by atoms with van der Waals surface area (Å²) in [5, 5.41) is 0. The van der Waals surface area contributed by atoms with Crippen LogP contribution >= 0.6 is 0 Å². The molecule has 3 heterocycles. The largest absolute Gasteiger partial charge is 0.304 e. The second kappa shape index (κ2) is 5.50. The summed E-state index contributed by atoms with van der Waals surface area (Å²) in [7, 11) is 2.18. The van der Waals surface area contributed by atoms with Crippen LogP contribution in [0.5, 0.6) is 0 Å². The Bertz CT molecular complexity index is 780. The number of nitrogens with zero attached hydrogens (tertiary/aromatic N) is 5. The second-order valence-electron chi connectivity index (χ2n) is 5.96. The Balaban J connectivity index is 1.90. The second-order valence-corrected chi connectivity index (χ2v) is 5.96. The SMILES string of the molecule is CN1CCCC(n2c(-c3ccccc3)nc3cncnc32)C1. The highest BCUT2D eigenvalue weighted by atomic mass is 15.2. The fourth-order valence-corrected chi connectivity index (χ4v) is 3.34. The first-order valence-electron chi connectivity index (χ1n) is 7.75. The minimum Gasteiger partial charge on any atom is -0.304 e. The molecule has 0 radical (unpaired) electrons. The van der Waals surface area contributed by atoms with Crippen molar-refractivity contribution >= 4 is 11.2 Å². The molecule has 0 bridgehead atoms. The molecule has 3 aromatic rings. The normalized spacial score (nSPS) is 19.6. The summed E-state index contributed by atoms with van der Waals surface area (Å²) in [5.74, 6) is 0.997. The Morgan fingerprint density at radius 1 is 1.18 bits per heavy atom. The van der Waals surface area contributed by atoms with Crippen molar-refractivity contribution in [3.05, 3.63) is 42.9 Å². The third-order valence-corrected chi connectivity index (χ3v) is 4.35. The number of imidazole rings is 1. The lowest BCUT2D eigenvalue weighted by Gasteiger charge is -2.31. The van der Waals surface area contributed by atoms with Crippen molar-refractivity contribution in [1.82, 2.24) is 24.4 Å². The van der Waals surface area contributed by atoms with Crippen LogP contribution < -0.4 is 0 Å². The van der Waals surface area contributed by atoms with E-state index in [4.69, 9.17) is 4.98 Å². The van der Waals surface area contributed by atoms with Gasteiger partial charge in [0.25, 0.3) is 0 Å². The number of rotatable bonds is 2. The Morgan fingerprint density at radius 3 is 2.86 bits per heavy atom. The first-order chi connectivity index (χ1) is 10.8. The smallest absolute Gasteiger partial charge is 0.163 e. The third-order valence-electron chi connectivity index (χ3n) is 4.35. The number of fused-ring (bicyclic) bond motifs is 1. The molecule has 0 saturated carbocycles. The van der Waals surface area contributed by atoms with Gasteiger partial charge in [-0.25, -0.2) is 15.0 Å². The highest BCUT2D eigenvalue weighted by Gasteiger charge is 2.24. The molecule has 1 aromatic carbocycles. The lowest BCUT2D eigenvalue weighted by molar-refractivity contribution is 0.215. The topological polar surface area (TPSA) is 46.8 Å². The summed E-state index contributed by atoms with van der Waals surface area (Å²) >= 11 is 0. The van der Waals surface area contributed by atoms with Crippen LogP contribution in [0.3, 0.4) is 0 Å². The van der Waals surface area contributed by atoms with Crippen LogP contribution in [0.1, 0.15) is 18.9 Å². The molecule has 1 aliphatic heterocycles. The van der Waals surface area contributed by atoms with Gasteiger partial charge in [0.15, 0.2) is 5.65 Å².